The minimum absolute atomic E-state index is 0.244. The fraction of sp³-hybridized carbons (Fsp3) is 0.0588. The van der Waals surface area contributed by atoms with Gasteiger partial charge < -0.3 is 14.5 Å². The fourth-order valence-electron chi connectivity index (χ4n) is 2.09. The predicted octanol–water partition coefficient (Wildman–Crippen LogP) is 3.60. The lowest BCUT2D eigenvalue weighted by molar-refractivity contribution is 0.102. The van der Waals surface area contributed by atoms with Crippen molar-refractivity contribution in [2.75, 3.05) is 12.4 Å². The highest BCUT2D eigenvalue weighted by Crippen LogP contribution is 2.24. The van der Waals surface area contributed by atoms with Crippen LogP contribution >= 0.6 is 0 Å². The third kappa shape index (κ3) is 2.83. The van der Waals surface area contributed by atoms with Crippen LogP contribution in [0.3, 0.4) is 0 Å². The molecule has 0 unspecified atom stereocenters. The summed E-state index contributed by atoms with van der Waals surface area (Å²) in [6.07, 6.45) is 1.27. The van der Waals surface area contributed by atoms with E-state index in [0.717, 1.165) is 5.56 Å². The lowest BCUT2D eigenvalue weighted by Crippen LogP contribution is -2.13. The Morgan fingerprint density at radius 2 is 1.95 bits per heavy atom. The van der Waals surface area contributed by atoms with E-state index in [4.69, 9.17) is 9.15 Å². The number of nitrogens with zero attached hydrogens (tertiary/aromatic N) is 1. The van der Waals surface area contributed by atoms with Gasteiger partial charge in [-0.2, -0.15) is 0 Å². The van der Waals surface area contributed by atoms with Crippen molar-refractivity contribution >= 4 is 11.6 Å². The zero-order valence-corrected chi connectivity index (χ0v) is 11.9. The first-order valence-corrected chi connectivity index (χ1v) is 6.72. The Kier molecular flexibility index (Phi) is 3.87. The van der Waals surface area contributed by atoms with Crippen molar-refractivity contribution in [1.82, 2.24) is 4.98 Å². The highest BCUT2D eigenvalue weighted by molar-refractivity contribution is 6.06. The van der Waals surface area contributed by atoms with Crippen LogP contribution in [-0.4, -0.2) is 18.0 Å². The molecule has 0 aliphatic rings. The van der Waals surface area contributed by atoms with E-state index in [0.29, 0.717) is 17.2 Å². The molecule has 3 aromatic rings. The molecule has 0 aliphatic carbocycles. The minimum atomic E-state index is -0.333. The van der Waals surface area contributed by atoms with E-state index in [1.807, 2.05) is 30.3 Å². The van der Waals surface area contributed by atoms with Gasteiger partial charge in [0.25, 0.3) is 5.91 Å². The molecule has 1 aromatic heterocycles. The summed E-state index contributed by atoms with van der Waals surface area (Å²) in [6, 6.07) is 16.5. The van der Waals surface area contributed by atoms with E-state index in [9.17, 15) is 4.79 Å². The van der Waals surface area contributed by atoms with E-state index >= 15 is 0 Å². The molecular weight excluding hydrogens is 280 g/mol. The average molecular weight is 294 g/mol. The summed E-state index contributed by atoms with van der Waals surface area (Å²) in [5.74, 6) is 0.781. The molecule has 0 saturated carbocycles. The van der Waals surface area contributed by atoms with E-state index < -0.39 is 0 Å². The standard InChI is InChI=1S/C17H14N2O3/c1-21-14-9-5-8-13(10-14)19-17(20)15-16(22-11-18-15)12-6-3-2-4-7-12/h2-11H,1H3,(H,19,20). The van der Waals surface area contributed by atoms with E-state index in [1.165, 1.54) is 6.39 Å². The third-order valence-corrected chi connectivity index (χ3v) is 3.15. The molecule has 0 bridgehead atoms. The van der Waals surface area contributed by atoms with Gasteiger partial charge in [0.1, 0.15) is 5.75 Å². The van der Waals surface area contributed by atoms with Crippen LogP contribution < -0.4 is 10.1 Å². The molecule has 0 spiro atoms. The van der Waals surface area contributed by atoms with E-state index in [1.54, 1.807) is 31.4 Å². The Labute approximate surface area is 127 Å². The second-order valence-corrected chi connectivity index (χ2v) is 4.58. The van der Waals surface area contributed by atoms with Crippen LogP contribution in [0.2, 0.25) is 0 Å². The SMILES string of the molecule is COc1cccc(NC(=O)c2ncoc2-c2ccccc2)c1. The summed E-state index contributed by atoms with van der Waals surface area (Å²) in [5.41, 5.74) is 1.68. The lowest BCUT2D eigenvalue weighted by atomic mass is 10.1. The van der Waals surface area contributed by atoms with Crippen LogP contribution in [0.5, 0.6) is 5.75 Å². The number of carbonyl (C=O) groups excluding carboxylic acids is 1. The van der Waals surface area contributed by atoms with Gasteiger partial charge in [0.05, 0.1) is 7.11 Å². The summed E-state index contributed by atoms with van der Waals surface area (Å²) in [7, 11) is 1.58. The molecule has 3 rings (SSSR count). The normalized spacial score (nSPS) is 10.2. The number of benzene rings is 2. The number of hydrogen-bond acceptors (Lipinski definition) is 4. The van der Waals surface area contributed by atoms with Crippen LogP contribution in [0.15, 0.2) is 65.4 Å². The van der Waals surface area contributed by atoms with Crippen LogP contribution in [-0.2, 0) is 0 Å². The van der Waals surface area contributed by atoms with Crippen LogP contribution in [0.1, 0.15) is 10.5 Å². The predicted molar refractivity (Wildman–Crippen MR) is 82.9 cm³/mol. The maximum absolute atomic E-state index is 12.4. The summed E-state index contributed by atoms with van der Waals surface area (Å²) >= 11 is 0. The number of oxazole rings is 1. The fourth-order valence-corrected chi connectivity index (χ4v) is 2.09. The molecule has 0 saturated heterocycles. The summed E-state index contributed by atoms with van der Waals surface area (Å²) < 4.78 is 10.5. The molecule has 22 heavy (non-hydrogen) atoms. The largest absolute Gasteiger partial charge is 0.497 e. The monoisotopic (exact) mass is 294 g/mol. The number of methoxy groups -OCH3 is 1. The van der Waals surface area contributed by atoms with Crippen LogP contribution in [0, 0.1) is 0 Å². The number of amides is 1. The highest BCUT2D eigenvalue weighted by Gasteiger charge is 2.18. The van der Waals surface area contributed by atoms with Crippen molar-refractivity contribution in [3.63, 3.8) is 0 Å². The summed E-state index contributed by atoms with van der Waals surface area (Å²) in [6.45, 7) is 0. The molecule has 0 atom stereocenters. The number of anilines is 1. The van der Waals surface area contributed by atoms with E-state index in [-0.39, 0.29) is 11.6 Å². The summed E-state index contributed by atoms with van der Waals surface area (Å²) in [5, 5.41) is 2.79. The van der Waals surface area contributed by atoms with Gasteiger partial charge in [0.2, 0.25) is 0 Å². The van der Waals surface area contributed by atoms with Crippen molar-refractivity contribution < 1.29 is 13.9 Å². The Bertz CT molecular complexity index is 781. The average Bonchev–Trinajstić information content (AvgIpc) is 3.05. The van der Waals surface area contributed by atoms with Crippen molar-refractivity contribution in [3.05, 3.63) is 66.7 Å². The molecule has 1 amide bonds. The first kappa shape index (κ1) is 13.9. The van der Waals surface area contributed by atoms with Gasteiger partial charge in [0, 0.05) is 17.3 Å². The maximum atomic E-state index is 12.4. The molecule has 0 fully saturated rings. The van der Waals surface area contributed by atoms with Gasteiger partial charge in [0.15, 0.2) is 17.8 Å². The highest BCUT2D eigenvalue weighted by atomic mass is 16.5. The lowest BCUT2D eigenvalue weighted by Gasteiger charge is -2.06. The first-order chi connectivity index (χ1) is 10.8. The molecule has 0 radical (unpaired) electrons. The Hall–Kier alpha value is -3.08. The molecule has 1 N–H and O–H groups in total. The maximum Gasteiger partial charge on any atom is 0.278 e. The van der Waals surface area contributed by atoms with Crippen LogP contribution in [0.25, 0.3) is 11.3 Å². The van der Waals surface area contributed by atoms with Crippen molar-refractivity contribution in [2.24, 2.45) is 0 Å². The zero-order valence-electron chi connectivity index (χ0n) is 11.9. The van der Waals surface area contributed by atoms with Gasteiger partial charge in [-0.3, -0.25) is 4.79 Å². The molecule has 2 aromatic carbocycles. The molecule has 1 heterocycles. The Morgan fingerprint density at radius 1 is 1.14 bits per heavy atom. The molecule has 0 aliphatic heterocycles. The number of carbonyl (C=O) groups is 1. The van der Waals surface area contributed by atoms with Gasteiger partial charge in [-0.25, -0.2) is 4.98 Å². The van der Waals surface area contributed by atoms with Gasteiger partial charge in [-0.1, -0.05) is 36.4 Å². The zero-order chi connectivity index (χ0) is 15.4. The van der Waals surface area contributed by atoms with Crippen molar-refractivity contribution in [1.29, 1.82) is 0 Å². The summed E-state index contributed by atoms with van der Waals surface area (Å²) in [4.78, 5) is 16.4. The second kappa shape index (κ2) is 6.13. The van der Waals surface area contributed by atoms with Gasteiger partial charge >= 0.3 is 0 Å². The first-order valence-electron chi connectivity index (χ1n) is 6.72. The van der Waals surface area contributed by atoms with Gasteiger partial charge in [-0.05, 0) is 12.1 Å². The Balaban J connectivity index is 1.86. The third-order valence-electron chi connectivity index (χ3n) is 3.15. The van der Waals surface area contributed by atoms with E-state index in [2.05, 4.69) is 10.3 Å². The molecule has 5 heteroatoms. The number of nitrogens with one attached hydrogen (secondary N) is 1. The second-order valence-electron chi connectivity index (χ2n) is 4.58. The molecular formula is C17H14N2O3. The van der Waals surface area contributed by atoms with Crippen molar-refractivity contribution in [3.8, 4) is 17.1 Å². The molecule has 5 nitrogen and oxygen atoms in total. The van der Waals surface area contributed by atoms with Crippen LogP contribution in [0.4, 0.5) is 5.69 Å². The molecule has 110 valence electrons. The number of hydrogen-bond donors (Lipinski definition) is 1. The Morgan fingerprint density at radius 3 is 2.73 bits per heavy atom. The van der Waals surface area contributed by atoms with Crippen molar-refractivity contribution in [2.45, 2.75) is 0 Å². The number of rotatable bonds is 4. The van der Waals surface area contributed by atoms with Gasteiger partial charge in [-0.15, -0.1) is 0 Å². The number of ether oxygens (including phenoxy) is 1. The topological polar surface area (TPSA) is 64.4 Å². The quantitative estimate of drug-likeness (QED) is 0.798. The smallest absolute Gasteiger partial charge is 0.278 e. The number of aromatic nitrogens is 1. The minimum Gasteiger partial charge on any atom is -0.497 e.